The topological polar surface area (TPSA) is 88.6 Å². The fourth-order valence-electron chi connectivity index (χ4n) is 2.26. The van der Waals surface area contributed by atoms with Crippen molar-refractivity contribution in [3.05, 3.63) is 48.0 Å². The average Bonchev–Trinajstić information content (AvgIpc) is 3.09. The highest BCUT2D eigenvalue weighted by molar-refractivity contribution is 7.99. The van der Waals surface area contributed by atoms with Gasteiger partial charge in [-0.15, -0.1) is 0 Å². The number of nitrogens with zero attached hydrogens (tertiary/aromatic N) is 2. The lowest BCUT2D eigenvalue weighted by Gasteiger charge is -2.06. The van der Waals surface area contributed by atoms with Crippen molar-refractivity contribution in [3.63, 3.8) is 0 Å². The molecule has 2 aromatic carbocycles. The van der Waals surface area contributed by atoms with Crippen molar-refractivity contribution in [3.8, 4) is 11.5 Å². The van der Waals surface area contributed by atoms with E-state index in [4.69, 9.17) is 9.47 Å². The van der Waals surface area contributed by atoms with Crippen molar-refractivity contribution in [1.29, 1.82) is 0 Å². The first kappa shape index (κ1) is 17.8. The van der Waals surface area contributed by atoms with Gasteiger partial charge in [-0.05, 0) is 24.3 Å². The van der Waals surface area contributed by atoms with Crippen LogP contribution in [0.5, 0.6) is 11.5 Å². The molecule has 0 spiro atoms. The van der Waals surface area contributed by atoms with Gasteiger partial charge in [0.2, 0.25) is 0 Å². The van der Waals surface area contributed by atoms with E-state index in [0.29, 0.717) is 16.7 Å². The highest BCUT2D eigenvalue weighted by Crippen LogP contribution is 2.23. The number of para-hydroxylation sites is 2. The molecule has 134 valence electrons. The summed E-state index contributed by atoms with van der Waals surface area (Å²) in [5.74, 6) is 1.28. The summed E-state index contributed by atoms with van der Waals surface area (Å²) in [6.07, 6.45) is 1.53. The van der Waals surface area contributed by atoms with E-state index in [2.05, 4.69) is 20.5 Å². The Bertz CT molecular complexity index is 906. The number of hydrogen-bond acceptors (Lipinski definition) is 6. The monoisotopic (exact) mass is 370 g/mol. The van der Waals surface area contributed by atoms with Crippen LogP contribution in [0.25, 0.3) is 11.0 Å². The molecule has 0 aliphatic rings. The number of nitrogens with one attached hydrogen (secondary N) is 2. The van der Waals surface area contributed by atoms with E-state index >= 15 is 0 Å². The molecule has 0 radical (unpaired) electrons. The molecule has 3 aromatic rings. The predicted molar refractivity (Wildman–Crippen MR) is 102 cm³/mol. The third kappa shape index (κ3) is 4.34. The smallest absolute Gasteiger partial charge is 0.250 e. The van der Waals surface area contributed by atoms with E-state index in [1.54, 1.807) is 32.4 Å². The number of thioether (sulfide) groups is 1. The van der Waals surface area contributed by atoms with E-state index in [9.17, 15) is 4.79 Å². The Morgan fingerprint density at radius 3 is 2.88 bits per heavy atom. The first-order valence-electron chi connectivity index (χ1n) is 7.81. The Balaban J connectivity index is 1.54. The number of hydrazone groups is 1. The van der Waals surface area contributed by atoms with Crippen LogP contribution in [-0.2, 0) is 4.79 Å². The summed E-state index contributed by atoms with van der Waals surface area (Å²) >= 11 is 1.32. The van der Waals surface area contributed by atoms with Crippen molar-refractivity contribution >= 4 is 34.9 Å². The number of methoxy groups -OCH3 is 2. The fraction of sp³-hybridized carbons (Fsp3) is 0.167. The van der Waals surface area contributed by atoms with Crippen LogP contribution in [0, 0.1) is 0 Å². The Morgan fingerprint density at radius 1 is 1.27 bits per heavy atom. The minimum Gasteiger partial charge on any atom is -0.497 e. The SMILES string of the molecule is COc1ccc(/C=N/NC(=O)CSc2nc3ccccc3[nH]2)c(OC)c1. The molecular formula is C18H18N4O3S. The zero-order chi connectivity index (χ0) is 18.4. The minimum absolute atomic E-state index is 0.205. The number of H-pyrrole nitrogens is 1. The number of carbonyl (C=O) groups is 1. The van der Waals surface area contributed by atoms with Crippen molar-refractivity contribution in [2.24, 2.45) is 5.10 Å². The number of benzene rings is 2. The molecule has 0 bridgehead atoms. The predicted octanol–water partition coefficient (Wildman–Crippen LogP) is 2.82. The molecule has 0 unspecified atom stereocenters. The van der Waals surface area contributed by atoms with Gasteiger partial charge in [0.05, 0.1) is 37.2 Å². The van der Waals surface area contributed by atoms with E-state index in [1.165, 1.54) is 18.0 Å². The molecule has 1 heterocycles. The second kappa shape index (κ2) is 8.39. The molecular weight excluding hydrogens is 352 g/mol. The summed E-state index contributed by atoms with van der Waals surface area (Å²) in [5, 5.41) is 4.67. The van der Waals surface area contributed by atoms with Gasteiger partial charge < -0.3 is 14.5 Å². The standard InChI is InChI=1S/C18H18N4O3S/c1-24-13-8-7-12(16(9-13)25-2)10-19-22-17(23)11-26-18-20-14-5-3-4-6-15(14)21-18/h3-10H,11H2,1-2H3,(H,20,21)(H,22,23)/b19-10+. The van der Waals surface area contributed by atoms with Crippen LogP contribution in [0.1, 0.15) is 5.56 Å². The first-order valence-corrected chi connectivity index (χ1v) is 8.79. The van der Waals surface area contributed by atoms with Gasteiger partial charge in [0.1, 0.15) is 11.5 Å². The largest absolute Gasteiger partial charge is 0.497 e. The lowest BCUT2D eigenvalue weighted by atomic mass is 10.2. The molecule has 7 nitrogen and oxygen atoms in total. The minimum atomic E-state index is -0.223. The van der Waals surface area contributed by atoms with Crippen molar-refractivity contribution in [1.82, 2.24) is 15.4 Å². The number of imidazole rings is 1. The molecule has 8 heteroatoms. The fourth-order valence-corrected chi connectivity index (χ4v) is 2.94. The number of rotatable bonds is 7. The summed E-state index contributed by atoms with van der Waals surface area (Å²) in [6.45, 7) is 0. The zero-order valence-electron chi connectivity index (χ0n) is 14.4. The van der Waals surface area contributed by atoms with Gasteiger partial charge in [-0.1, -0.05) is 23.9 Å². The zero-order valence-corrected chi connectivity index (χ0v) is 15.2. The van der Waals surface area contributed by atoms with Crippen LogP contribution in [0.3, 0.4) is 0 Å². The molecule has 0 fully saturated rings. The summed E-state index contributed by atoms with van der Waals surface area (Å²) in [6, 6.07) is 13.1. The number of aromatic nitrogens is 2. The normalized spacial score (nSPS) is 11.0. The number of carbonyl (C=O) groups excluding carboxylic acids is 1. The van der Waals surface area contributed by atoms with Gasteiger partial charge >= 0.3 is 0 Å². The maximum Gasteiger partial charge on any atom is 0.250 e. The van der Waals surface area contributed by atoms with Crippen molar-refractivity contribution in [2.75, 3.05) is 20.0 Å². The van der Waals surface area contributed by atoms with Crippen LogP contribution in [0.15, 0.2) is 52.7 Å². The van der Waals surface area contributed by atoms with Gasteiger partial charge in [0.15, 0.2) is 5.16 Å². The van der Waals surface area contributed by atoms with Crippen LogP contribution < -0.4 is 14.9 Å². The lowest BCUT2D eigenvalue weighted by Crippen LogP contribution is -2.19. The Morgan fingerprint density at radius 2 is 2.12 bits per heavy atom. The Labute approximate surface area is 154 Å². The molecule has 2 N–H and O–H groups in total. The molecule has 3 rings (SSSR count). The number of ether oxygens (including phenoxy) is 2. The van der Waals surface area contributed by atoms with E-state index in [1.807, 2.05) is 24.3 Å². The molecule has 0 aliphatic carbocycles. The van der Waals surface area contributed by atoms with E-state index in [0.717, 1.165) is 16.6 Å². The maximum atomic E-state index is 11.9. The van der Waals surface area contributed by atoms with Gasteiger partial charge in [-0.3, -0.25) is 4.79 Å². The Hall–Kier alpha value is -3.00. The van der Waals surface area contributed by atoms with E-state index in [-0.39, 0.29) is 11.7 Å². The molecule has 0 aliphatic heterocycles. The number of aromatic amines is 1. The average molecular weight is 370 g/mol. The third-order valence-electron chi connectivity index (χ3n) is 3.54. The summed E-state index contributed by atoms with van der Waals surface area (Å²) in [7, 11) is 3.15. The van der Waals surface area contributed by atoms with Crippen LogP contribution >= 0.6 is 11.8 Å². The molecule has 0 saturated carbocycles. The highest BCUT2D eigenvalue weighted by Gasteiger charge is 2.07. The second-order valence-corrected chi connectivity index (χ2v) is 6.21. The Kier molecular flexibility index (Phi) is 5.75. The van der Waals surface area contributed by atoms with Crippen molar-refractivity contribution < 1.29 is 14.3 Å². The van der Waals surface area contributed by atoms with Crippen LogP contribution in [-0.4, -0.2) is 42.1 Å². The third-order valence-corrected chi connectivity index (χ3v) is 4.41. The first-order chi connectivity index (χ1) is 12.7. The second-order valence-electron chi connectivity index (χ2n) is 5.25. The molecule has 0 saturated heterocycles. The summed E-state index contributed by atoms with van der Waals surface area (Å²) in [5.41, 5.74) is 5.05. The highest BCUT2D eigenvalue weighted by atomic mass is 32.2. The molecule has 0 atom stereocenters. The molecule has 1 aromatic heterocycles. The molecule has 1 amide bonds. The van der Waals surface area contributed by atoms with Gasteiger partial charge in [0, 0.05) is 11.6 Å². The summed E-state index contributed by atoms with van der Waals surface area (Å²) < 4.78 is 10.4. The quantitative estimate of drug-likeness (QED) is 0.379. The maximum absolute atomic E-state index is 11.9. The van der Waals surface area contributed by atoms with Crippen LogP contribution in [0.4, 0.5) is 0 Å². The number of hydrogen-bond donors (Lipinski definition) is 2. The van der Waals surface area contributed by atoms with Gasteiger partial charge in [0.25, 0.3) is 5.91 Å². The summed E-state index contributed by atoms with van der Waals surface area (Å²) in [4.78, 5) is 19.5. The van der Waals surface area contributed by atoms with Crippen molar-refractivity contribution in [2.45, 2.75) is 5.16 Å². The number of amides is 1. The number of fused-ring (bicyclic) bond motifs is 1. The van der Waals surface area contributed by atoms with E-state index < -0.39 is 0 Å². The lowest BCUT2D eigenvalue weighted by molar-refractivity contribution is -0.118. The van der Waals surface area contributed by atoms with Gasteiger partial charge in [-0.2, -0.15) is 5.10 Å². The van der Waals surface area contributed by atoms with Gasteiger partial charge in [-0.25, -0.2) is 10.4 Å². The molecule has 26 heavy (non-hydrogen) atoms. The van der Waals surface area contributed by atoms with Crippen LogP contribution in [0.2, 0.25) is 0 Å².